The van der Waals surface area contributed by atoms with Crippen LogP contribution in [0.25, 0.3) is 22.5 Å². The molecule has 8 heteroatoms. The van der Waals surface area contributed by atoms with E-state index in [-0.39, 0.29) is 6.17 Å². The van der Waals surface area contributed by atoms with Crippen molar-refractivity contribution < 1.29 is 4.74 Å². The van der Waals surface area contributed by atoms with Gasteiger partial charge in [-0.1, -0.05) is 30.3 Å². The lowest BCUT2D eigenvalue weighted by atomic mass is 10.0. The quantitative estimate of drug-likeness (QED) is 0.492. The fourth-order valence-corrected chi connectivity index (χ4v) is 5.00. The zero-order valence-electron chi connectivity index (χ0n) is 16.8. The number of rotatable bonds is 3. The largest absolute Gasteiger partial charge is 0.379 e. The van der Waals surface area contributed by atoms with Gasteiger partial charge in [0.25, 0.3) is 0 Å². The molecule has 0 saturated carbocycles. The van der Waals surface area contributed by atoms with E-state index in [2.05, 4.69) is 40.2 Å². The van der Waals surface area contributed by atoms with Gasteiger partial charge in [0.15, 0.2) is 11.0 Å². The maximum Gasteiger partial charge on any atom is 0.194 e. The number of hydrogen-bond donors (Lipinski definition) is 0. The summed E-state index contributed by atoms with van der Waals surface area (Å²) in [5.74, 6) is 0.685. The molecule has 0 bridgehead atoms. The molecule has 4 aromatic rings. The highest BCUT2D eigenvalue weighted by atomic mass is 32.2. The number of hydrogen-bond acceptors (Lipinski definition) is 7. The summed E-state index contributed by atoms with van der Waals surface area (Å²) < 4.78 is 7.66. The Kier molecular flexibility index (Phi) is 4.75. The van der Waals surface area contributed by atoms with E-state index in [1.54, 1.807) is 24.2 Å². The fraction of sp³-hybridized carbons (Fsp3) is 0.217. The topological polar surface area (TPSA) is 69.0 Å². The molecular weight excluding hydrogens is 408 g/mol. The lowest BCUT2D eigenvalue weighted by Gasteiger charge is -2.37. The third-order valence-electron chi connectivity index (χ3n) is 5.60. The number of morpholine rings is 1. The monoisotopic (exact) mass is 428 g/mol. The Labute approximate surface area is 184 Å². The number of pyridine rings is 2. The number of fused-ring (bicyclic) bond motifs is 2. The second-order valence-electron chi connectivity index (χ2n) is 7.51. The van der Waals surface area contributed by atoms with Crippen molar-refractivity contribution in [1.29, 1.82) is 0 Å². The average molecular weight is 429 g/mol. The van der Waals surface area contributed by atoms with Crippen LogP contribution in [-0.2, 0) is 4.74 Å². The van der Waals surface area contributed by atoms with Gasteiger partial charge in [0.05, 0.1) is 13.2 Å². The van der Waals surface area contributed by atoms with Crippen molar-refractivity contribution in [3.05, 3.63) is 72.7 Å². The molecule has 0 amide bonds. The Balaban J connectivity index is 1.48. The van der Waals surface area contributed by atoms with E-state index in [9.17, 15) is 0 Å². The highest BCUT2D eigenvalue weighted by molar-refractivity contribution is 7.99. The second-order valence-corrected chi connectivity index (χ2v) is 8.47. The molecule has 2 aliphatic rings. The molecule has 0 aliphatic carbocycles. The number of ether oxygens (including phenoxy) is 1. The fourth-order valence-electron chi connectivity index (χ4n) is 4.07. The van der Waals surface area contributed by atoms with E-state index in [1.807, 2.05) is 29.1 Å². The lowest BCUT2D eigenvalue weighted by Crippen LogP contribution is -2.43. The molecule has 3 aromatic heterocycles. The summed E-state index contributed by atoms with van der Waals surface area (Å²) >= 11 is 1.57. The lowest BCUT2D eigenvalue weighted by molar-refractivity contribution is 0.00286. The minimum absolute atomic E-state index is 0.0655. The van der Waals surface area contributed by atoms with E-state index in [4.69, 9.17) is 19.8 Å². The van der Waals surface area contributed by atoms with Gasteiger partial charge in [-0.05, 0) is 35.5 Å². The first-order valence-corrected chi connectivity index (χ1v) is 11.1. The zero-order chi connectivity index (χ0) is 20.6. The first-order chi connectivity index (χ1) is 15.4. The van der Waals surface area contributed by atoms with Crippen molar-refractivity contribution in [2.45, 2.75) is 16.3 Å². The Morgan fingerprint density at radius 1 is 0.935 bits per heavy atom. The highest BCUT2D eigenvalue weighted by Gasteiger charge is 2.35. The van der Waals surface area contributed by atoms with Crippen LogP contribution in [0.3, 0.4) is 0 Å². The van der Waals surface area contributed by atoms with E-state index in [1.165, 1.54) is 0 Å². The van der Waals surface area contributed by atoms with Gasteiger partial charge in [-0.3, -0.25) is 9.88 Å². The third kappa shape index (κ3) is 3.42. The third-order valence-corrected chi connectivity index (χ3v) is 6.59. The predicted octanol–water partition coefficient (Wildman–Crippen LogP) is 3.75. The van der Waals surface area contributed by atoms with Crippen molar-refractivity contribution >= 4 is 11.8 Å². The smallest absolute Gasteiger partial charge is 0.194 e. The molecule has 2 aliphatic heterocycles. The Morgan fingerprint density at radius 2 is 1.77 bits per heavy atom. The van der Waals surface area contributed by atoms with E-state index in [0.29, 0.717) is 19.0 Å². The molecule has 0 N–H and O–H groups in total. The minimum Gasteiger partial charge on any atom is -0.379 e. The van der Waals surface area contributed by atoms with Crippen LogP contribution < -0.4 is 0 Å². The summed E-state index contributed by atoms with van der Waals surface area (Å²) in [7, 11) is 0. The van der Waals surface area contributed by atoms with Gasteiger partial charge in [0.2, 0.25) is 0 Å². The predicted molar refractivity (Wildman–Crippen MR) is 118 cm³/mol. The highest BCUT2D eigenvalue weighted by Crippen LogP contribution is 2.42. The van der Waals surface area contributed by atoms with Crippen LogP contribution in [0.1, 0.15) is 11.7 Å². The molecule has 5 heterocycles. The molecule has 31 heavy (non-hydrogen) atoms. The minimum atomic E-state index is -0.0655. The van der Waals surface area contributed by atoms with Gasteiger partial charge in [-0.2, -0.15) is 0 Å². The summed E-state index contributed by atoms with van der Waals surface area (Å²) in [6.45, 7) is 3.10. The van der Waals surface area contributed by atoms with E-state index >= 15 is 0 Å². The van der Waals surface area contributed by atoms with Crippen molar-refractivity contribution in [2.75, 3.05) is 26.3 Å². The molecule has 1 aromatic carbocycles. The normalized spacial score (nSPS) is 18.4. The standard InChI is InChI=1S/C23H20N6OS/c1-2-5-16(6-3-1)18-13-19-21(25-15-18)31-23-26-20(17-7-4-8-24-14-17)27-29(23)22(19)28-9-11-30-12-10-28/h1-8,13-15,22H,9-12H2/t22-/m1/s1. The van der Waals surface area contributed by atoms with Gasteiger partial charge in [0.1, 0.15) is 11.2 Å². The molecular formula is C23H20N6OS. The molecule has 6 rings (SSSR count). The Bertz CT molecular complexity index is 1210. The van der Waals surface area contributed by atoms with Gasteiger partial charge < -0.3 is 4.74 Å². The zero-order valence-corrected chi connectivity index (χ0v) is 17.6. The van der Waals surface area contributed by atoms with E-state index in [0.717, 1.165) is 45.5 Å². The Morgan fingerprint density at radius 3 is 2.58 bits per heavy atom. The SMILES string of the molecule is c1ccc(-c2cnc3c(c2)[C@H](N2CCOCC2)n2nc(-c4cccnc4)nc2S3)cc1. The van der Waals surface area contributed by atoms with E-state index < -0.39 is 0 Å². The molecule has 0 unspecified atom stereocenters. The van der Waals surface area contributed by atoms with Gasteiger partial charge >= 0.3 is 0 Å². The molecule has 154 valence electrons. The van der Waals surface area contributed by atoms with Crippen molar-refractivity contribution in [1.82, 2.24) is 29.6 Å². The summed E-state index contributed by atoms with van der Waals surface area (Å²) in [6, 6.07) is 16.5. The molecule has 1 saturated heterocycles. The average Bonchev–Trinajstić information content (AvgIpc) is 3.27. The first-order valence-electron chi connectivity index (χ1n) is 10.3. The molecule has 0 spiro atoms. The van der Waals surface area contributed by atoms with Crippen LogP contribution in [-0.4, -0.2) is 55.9 Å². The maximum atomic E-state index is 5.62. The molecule has 0 radical (unpaired) electrons. The number of aromatic nitrogens is 5. The summed E-state index contributed by atoms with van der Waals surface area (Å²) in [5, 5.41) is 6.74. The Hall–Kier alpha value is -3.07. The van der Waals surface area contributed by atoms with Crippen LogP contribution in [0.15, 0.2) is 77.3 Å². The number of benzene rings is 1. The summed E-state index contributed by atoms with van der Waals surface area (Å²) in [4.78, 5) is 16.3. The van der Waals surface area contributed by atoms with Gasteiger partial charge in [-0.15, -0.1) is 5.10 Å². The summed E-state index contributed by atoms with van der Waals surface area (Å²) in [6.07, 6.45) is 5.44. The number of nitrogens with zero attached hydrogens (tertiary/aromatic N) is 6. The van der Waals surface area contributed by atoms with Crippen LogP contribution in [0.5, 0.6) is 0 Å². The molecule has 1 fully saturated rings. The van der Waals surface area contributed by atoms with Crippen molar-refractivity contribution in [3.63, 3.8) is 0 Å². The van der Waals surface area contributed by atoms with Crippen LogP contribution in [0, 0.1) is 0 Å². The maximum absolute atomic E-state index is 5.62. The van der Waals surface area contributed by atoms with Crippen LogP contribution in [0.4, 0.5) is 0 Å². The van der Waals surface area contributed by atoms with Crippen molar-refractivity contribution in [3.8, 4) is 22.5 Å². The van der Waals surface area contributed by atoms with Crippen LogP contribution >= 0.6 is 11.8 Å². The van der Waals surface area contributed by atoms with Gasteiger partial charge in [-0.25, -0.2) is 14.6 Å². The van der Waals surface area contributed by atoms with Gasteiger partial charge in [0, 0.05) is 48.4 Å². The van der Waals surface area contributed by atoms with Crippen molar-refractivity contribution in [2.24, 2.45) is 0 Å². The molecule has 7 nitrogen and oxygen atoms in total. The first kappa shape index (κ1) is 18.7. The summed E-state index contributed by atoms with van der Waals surface area (Å²) in [5.41, 5.74) is 4.33. The second kappa shape index (κ2) is 7.88. The van der Waals surface area contributed by atoms with Crippen LogP contribution in [0.2, 0.25) is 0 Å². The molecule has 1 atom stereocenters.